The molecular formula is C17H13N2O6S2. The molecule has 139 valence electrons. The van der Waals surface area contributed by atoms with Crippen LogP contribution in [-0.4, -0.2) is 25.9 Å². The highest BCUT2D eigenvalue weighted by Crippen LogP contribution is 2.36. The molecule has 8 nitrogen and oxygen atoms in total. The molecule has 27 heavy (non-hydrogen) atoms. The zero-order valence-electron chi connectivity index (χ0n) is 13.6. The summed E-state index contributed by atoms with van der Waals surface area (Å²) in [6, 6.07) is 9.20. The SMILES string of the molecule is O=S(=O)(O)c1ccc(N=Nc2ccc([C]3[CH][CH][CH][CH]3)c(S(=O)(=O)O)c2)cc1. The molecule has 3 rings (SSSR count). The Morgan fingerprint density at radius 1 is 0.704 bits per heavy atom. The van der Waals surface area contributed by atoms with Crippen LogP contribution in [0.15, 0.2) is 62.5 Å². The fourth-order valence-electron chi connectivity index (χ4n) is 2.38. The fourth-order valence-corrected chi connectivity index (χ4v) is 3.59. The summed E-state index contributed by atoms with van der Waals surface area (Å²) in [5.41, 5.74) is 0.798. The first-order chi connectivity index (χ1) is 12.6. The highest BCUT2D eigenvalue weighted by atomic mass is 32.2. The molecule has 2 N–H and O–H groups in total. The maximum Gasteiger partial charge on any atom is 0.294 e. The summed E-state index contributed by atoms with van der Waals surface area (Å²) in [5.74, 6) is 0.631. The maximum atomic E-state index is 11.7. The lowest BCUT2D eigenvalue weighted by Crippen LogP contribution is -2.06. The molecule has 0 unspecified atom stereocenters. The second kappa shape index (κ2) is 7.47. The summed E-state index contributed by atoms with van der Waals surface area (Å²) in [6.45, 7) is 0. The van der Waals surface area contributed by atoms with Crippen LogP contribution in [0.2, 0.25) is 0 Å². The lowest BCUT2D eigenvalue weighted by Gasteiger charge is -2.12. The smallest absolute Gasteiger partial charge is 0.282 e. The molecule has 0 aromatic heterocycles. The molecule has 0 bridgehead atoms. The molecule has 2 aromatic carbocycles. The zero-order valence-corrected chi connectivity index (χ0v) is 15.2. The van der Waals surface area contributed by atoms with E-state index in [-0.39, 0.29) is 21.2 Å². The topological polar surface area (TPSA) is 133 Å². The van der Waals surface area contributed by atoms with E-state index in [1.54, 1.807) is 25.7 Å². The zero-order chi connectivity index (χ0) is 19.7. The van der Waals surface area contributed by atoms with Crippen LogP contribution in [0.3, 0.4) is 0 Å². The van der Waals surface area contributed by atoms with E-state index >= 15 is 0 Å². The summed E-state index contributed by atoms with van der Waals surface area (Å²) in [5, 5.41) is 7.79. The third-order valence-corrected chi connectivity index (χ3v) is 5.39. The van der Waals surface area contributed by atoms with Gasteiger partial charge in [0.05, 0.1) is 21.2 Å². The van der Waals surface area contributed by atoms with E-state index in [1.165, 1.54) is 30.3 Å². The predicted molar refractivity (Wildman–Crippen MR) is 96.2 cm³/mol. The molecule has 2 aromatic rings. The number of benzene rings is 2. The van der Waals surface area contributed by atoms with Crippen molar-refractivity contribution in [2.75, 3.05) is 0 Å². The average Bonchev–Trinajstić information content (AvgIpc) is 3.13. The lowest BCUT2D eigenvalue weighted by molar-refractivity contribution is 0.480. The Morgan fingerprint density at radius 3 is 1.81 bits per heavy atom. The van der Waals surface area contributed by atoms with Crippen molar-refractivity contribution in [3.63, 3.8) is 0 Å². The van der Waals surface area contributed by atoms with Crippen molar-refractivity contribution < 1.29 is 25.9 Å². The Balaban J connectivity index is 1.90. The van der Waals surface area contributed by atoms with Crippen LogP contribution in [0.1, 0.15) is 5.56 Å². The largest absolute Gasteiger partial charge is 0.294 e. The molecule has 0 heterocycles. The molecule has 1 fully saturated rings. The summed E-state index contributed by atoms with van der Waals surface area (Å²) >= 11 is 0. The van der Waals surface area contributed by atoms with Gasteiger partial charge in [-0.15, -0.1) is 0 Å². The highest BCUT2D eigenvalue weighted by molar-refractivity contribution is 7.86. The summed E-state index contributed by atoms with van der Waals surface area (Å²) in [6.07, 6.45) is 6.91. The minimum Gasteiger partial charge on any atom is -0.282 e. The molecule has 0 saturated heterocycles. The van der Waals surface area contributed by atoms with Crippen molar-refractivity contribution >= 4 is 31.6 Å². The van der Waals surface area contributed by atoms with Crippen LogP contribution < -0.4 is 0 Å². The molecular weight excluding hydrogens is 392 g/mol. The summed E-state index contributed by atoms with van der Waals surface area (Å²) < 4.78 is 63.9. The van der Waals surface area contributed by atoms with E-state index in [1.807, 2.05) is 0 Å². The predicted octanol–water partition coefficient (Wildman–Crippen LogP) is 3.35. The monoisotopic (exact) mass is 405 g/mol. The van der Waals surface area contributed by atoms with E-state index in [4.69, 9.17) is 4.55 Å². The van der Waals surface area contributed by atoms with Gasteiger partial charge in [-0.3, -0.25) is 9.11 Å². The van der Waals surface area contributed by atoms with E-state index in [0.717, 1.165) is 12.1 Å². The molecule has 5 radical (unpaired) electrons. The van der Waals surface area contributed by atoms with Gasteiger partial charge in [0.2, 0.25) is 0 Å². The van der Waals surface area contributed by atoms with Crippen LogP contribution in [0.25, 0.3) is 0 Å². The van der Waals surface area contributed by atoms with Gasteiger partial charge in [0.1, 0.15) is 0 Å². The van der Waals surface area contributed by atoms with E-state index in [0.29, 0.717) is 11.5 Å². The average molecular weight is 405 g/mol. The van der Waals surface area contributed by atoms with Crippen molar-refractivity contribution in [2.45, 2.75) is 9.79 Å². The van der Waals surface area contributed by atoms with Crippen molar-refractivity contribution in [1.29, 1.82) is 0 Å². The minimum absolute atomic E-state index is 0.178. The first kappa shape index (κ1) is 19.6. The second-order valence-corrected chi connectivity index (χ2v) is 8.31. The van der Waals surface area contributed by atoms with Gasteiger partial charge in [0, 0.05) is 5.92 Å². The normalized spacial score (nSPS) is 16.2. The Labute approximate surface area is 157 Å². The number of hydrogen-bond donors (Lipinski definition) is 2. The minimum atomic E-state index is -4.48. The molecule has 1 aliphatic carbocycles. The van der Waals surface area contributed by atoms with Crippen molar-refractivity contribution in [2.24, 2.45) is 10.2 Å². The van der Waals surface area contributed by atoms with Crippen molar-refractivity contribution in [3.8, 4) is 0 Å². The van der Waals surface area contributed by atoms with Crippen LogP contribution in [-0.2, 0) is 20.2 Å². The van der Waals surface area contributed by atoms with Crippen LogP contribution in [0.5, 0.6) is 0 Å². The molecule has 0 atom stereocenters. The van der Waals surface area contributed by atoms with Gasteiger partial charge in [0.15, 0.2) is 0 Å². The Hall–Kier alpha value is -2.14. The van der Waals surface area contributed by atoms with E-state index < -0.39 is 20.2 Å². The Morgan fingerprint density at radius 2 is 1.26 bits per heavy atom. The molecule has 0 spiro atoms. The van der Waals surface area contributed by atoms with Crippen molar-refractivity contribution in [3.05, 3.63) is 79.6 Å². The van der Waals surface area contributed by atoms with Gasteiger partial charge in [-0.25, -0.2) is 0 Å². The van der Waals surface area contributed by atoms with Gasteiger partial charge in [-0.05, 0) is 67.6 Å². The van der Waals surface area contributed by atoms with E-state index in [2.05, 4.69) is 10.2 Å². The summed E-state index contributed by atoms with van der Waals surface area (Å²) in [4.78, 5) is -0.582. The van der Waals surface area contributed by atoms with Gasteiger partial charge < -0.3 is 0 Å². The van der Waals surface area contributed by atoms with Crippen LogP contribution >= 0.6 is 0 Å². The van der Waals surface area contributed by atoms with Crippen LogP contribution in [0, 0.1) is 31.6 Å². The number of rotatable bonds is 5. The Bertz CT molecular complexity index is 1070. The van der Waals surface area contributed by atoms with Gasteiger partial charge in [-0.1, -0.05) is 6.07 Å². The third kappa shape index (κ3) is 4.78. The first-order valence-electron chi connectivity index (χ1n) is 7.47. The number of nitrogens with zero attached hydrogens (tertiary/aromatic N) is 2. The second-order valence-electron chi connectivity index (χ2n) is 5.50. The molecule has 0 aliphatic heterocycles. The quantitative estimate of drug-likeness (QED) is 0.579. The maximum absolute atomic E-state index is 11.7. The third-order valence-electron chi connectivity index (χ3n) is 3.63. The van der Waals surface area contributed by atoms with E-state index in [9.17, 15) is 21.4 Å². The highest BCUT2D eigenvalue weighted by Gasteiger charge is 2.26. The van der Waals surface area contributed by atoms with Crippen LogP contribution in [0.4, 0.5) is 11.4 Å². The number of hydrogen-bond acceptors (Lipinski definition) is 6. The van der Waals surface area contributed by atoms with Gasteiger partial charge in [0.25, 0.3) is 20.2 Å². The van der Waals surface area contributed by atoms with Gasteiger partial charge in [-0.2, -0.15) is 27.1 Å². The standard InChI is InChI=1S/C17H13N2O6S2/c20-26(21,22)15-8-5-13(6-9-15)18-19-14-7-10-16(12-3-1-2-4-12)17(11-14)27(23,24)25/h1-11H,(H,20,21,22)(H,23,24,25). The van der Waals surface area contributed by atoms with Crippen molar-refractivity contribution in [1.82, 2.24) is 0 Å². The Kier molecular flexibility index (Phi) is 5.43. The lowest BCUT2D eigenvalue weighted by atomic mass is 9.97. The number of azo groups is 1. The first-order valence-corrected chi connectivity index (χ1v) is 10.4. The summed E-state index contributed by atoms with van der Waals surface area (Å²) in [7, 11) is -8.78. The van der Waals surface area contributed by atoms with Gasteiger partial charge >= 0.3 is 0 Å². The fraction of sp³-hybridized carbons (Fsp3) is 0. The molecule has 1 saturated carbocycles. The molecule has 1 aliphatic rings. The molecule has 10 heteroatoms. The molecule has 0 amide bonds.